The molecule has 0 aromatic heterocycles. The molecule has 0 N–H and O–H groups in total. The first kappa shape index (κ1) is 74.1. The summed E-state index contributed by atoms with van der Waals surface area (Å²) in [6.45, 7) is 6.65. The smallest absolute Gasteiger partial charge is 0.306 e. The van der Waals surface area contributed by atoms with E-state index < -0.39 is 6.10 Å². The molecular weight excluding hydrogens is 949 g/mol. The number of carbonyl (C=O) groups is 3. The molecule has 0 rings (SSSR count). The monoisotopic (exact) mass is 1080 g/mol. The Bertz CT molecular complexity index is 1380. The second-order valence-corrected chi connectivity index (χ2v) is 22.7. The highest BCUT2D eigenvalue weighted by Gasteiger charge is 2.19. The van der Waals surface area contributed by atoms with Crippen LogP contribution in [0.15, 0.2) is 60.8 Å². The van der Waals surface area contributed by atoms with Crippen LogP contribution in [-0.4, -0.2) is 37.2 Å². The first-order chi connectivity index (χ1) is 38.0. The second-order valence-electron chi connectivity index (χ2n) is 22.7. The zero-order valence-corrected chi connectivity index (χ0v) is 51.5. The van der Waals surface area contributed by atoms with Crippen molar-refractivity contribution in [2.75, 3.05) is 13.2 Å². The van der Waals surface area contributed by atoms with E-state index in [4.69, 9.17) is 14.2 Å². The maximum atomic E-state index is 12.9. The number of carbonyl (C=O) groups excluding carboxylic acids is 3. The molecule has 0 heterocycles. The summed E-state index contributed by atoms with van der Waals surface area (Å²) in [5.74, 6) is -0.877. The van der Waals surface area contributed by atoms with Gasteiger partial charge in [0.1, 0.15) is 13.2 Å². The summed E-state index contributed by atoms with van der Waals surface area (Å²) in [5, 5.41) is 0. The molecule has 1 unspecified atom stereocenters. The molecule has 0 amide bonds. The fourth-order valence-electron chi connectivity index (χ4n) is 9.85. The van der Waals surface area contributed by atoms with Gasteiger partial charge in [-0.15, -0.1) is 0 Å². The van der Waals surface area contributed by atoms with Crippen molar-refractivity contribution in [3.63, 3.8) is 0 Å². The molecular formula is C71H128O6. The number of hydrogen-bond donors (Lipinski definition) is 0. The number of esters is 3. The van der Waals surface area contributed by atoms with Crippen molar-refractivity contribution in [3.8, 4) is 0 Å². The lowest BCUT2D eigenvalue weighted by atomic mass is 10.0. The van der Waals surface area contributed by atoms with E-state index in [1.54, 1.807) is 0 Å². The Hall–Kier alpha value is -2.89. The summed E-state index contributed by atoms with van der Waals surface area (Å²) < 4.78 is 17.0. The van der Waals surface area contributed by atoms with Crippen molar-refractivity contribution < 1.29 is 28.6 Å². The molecule has 0 radical (unpaired) electrons. The van der Waals surface area contributed by atoms with E-state index in [2.05, 4.69) is 81.5 Å². The molecule has 6 heteroatoms. The lowest BCUT2D eigenvalue weighted by Gasteiger charge is -2.18. The quantitative estimate of drug-likeness (QED) is 0.0261. The van der Waals surface area contributed by atoms with Crippen LogP contribution in [0, 0.1) is 0 Å². The van der Waals surface area contributed by atoms with E-state index in [1.165, 1.54) is 231 Å². The molecule has 0 spiro atoms. The van der Waals surface area contributed by atoms with Crippen LogP contribution in [-0.2, 0) is 28.6 Å². The van der Waals surface area contributed by atoms with Crippen LogP contribution in [0.25, 0.3) is 0 Å². The predicted octanol–water partition coefficient (Wildman–Crippen LogP) is 23.1. The third kappa shape index (κ3) is 63.8. The van der Waals surface area contributed by atoms with E-state index in [0.29, 0.717) is 19.3 Å². The van der Waals surface area contributed by atoms with Crippen LogP contribution in [0.3, 0.4) is 0 Å². The van der Waals surface area contributed by atoms with Gasteiger partial charge in [0.2, 0.25) is 0 Å². The van der Waals surface area contributed by atoms with E-state index in [-0.39, 0.29) is 31.1 Å². The van der Waals surface area contributed by atoms with Crippen LogP contribution in [0.1, 0.15) is 355 Å². The Morgan fingerprint density at radius 1 is 0.260 bits per heavy atom. The maximum Gasteiger partial charge on any atom is 0.306 e. The number of ether oxygens (including phenoxy) is 3. The van der Waals surface area contributed by atoms with Gasteiger partial charge >= 0.3 is 17.9 Å². The topological polar surface area (TPSA) is 78.9 Å². The number of rotatable bonds is 62. The summed E-state index contributed by atoms with van der Waals surface area (Å²) in [5.41, 5.74) is 0. The molecule has 0 fully saturated rings. The normalized spacial score (nSPS) is 12.4. The summed E-state index contributed by atoms with van der Waals surface area (Å²) >= 11 is 0. The Labute approximate surface area is 479 Å². The van der Waals surface area contributed by atoms with Crippen molar-refractivity contribution in [1.82, 2.24) is 0 Å². The second kappa shape index (κ2) is 65.6. The van der Waals surface area contributed by atoms with Crippen LogP contribution in [0.4, 0.5) is 0 Å². The molecule has 0 aromatic carbocycles. The molecule has 0 bridgehead atoms. The molecule has 0 saturated carbocycles. The van der Waals surface area contributed by atoms with Crippen molar-refractivity contribution in [3.05, 3.63) is 60.8 Å². The lowest BCUT2D eigenvalue weighted by Crippen LogP contribution is -2.30. The Morgan fingerprint density at radius 2 is 0.468 bits per heavy atom. The van der Waals surface area contributed by atoms with Gasteiger partial charge in [0, 0.05) is 19.3 Å². The maximum absolute atomic E-state index is 12.9. The first-order valence-corrected chi connectivity index (χ1v) is 33.8. The average Bonchev–Trinajstić information content (AvgIpc) is 3.43. The molecule has 448 valence electrons. The summed E-state index contributed by atoms with van der Waals surface area (Å²) in [7, 11) is 0. The summed E-state index contributed by atoms with van der Waals surface area (Å²) in [6, 6.07) is 0. The van der Waals surface area contributed by atoms with E-state index in [9.17, 15) is 14.4 Å². The Balaban J connectivity index is 4.36. The van der Waals surface area contributed by atoms with E-state index >= 15 is 0 Å². The standard InChI is InChI=1S/C71H128O6/c1-4-7-10-13-16-19-22-25-28-31-33-34-35-36-38-40-43-46-49-52-55-58-61-64-70(73)76-67-68(66-75-69(72)63-60-57-54-51-48-45-42-39-30-27-24-21-18-15-12-9-6-3)77-71(74)65-62-59-56-53-50-47-44-41-37-32-29-26-23-20-17-14-11-8-5-2/h17,20,26-27,29-31,33,37,41,68H,4-16,18-19,21-25,28,32,34-36,38-40,42-67H2,1-3H3/b20-17-,29-26-,30-27-,33-31-,41-37-. The number of allylic oxidation sites excluding steroid dienone is 10. The largest absolute Gasteiger partial charge is 0.462 e. The SMILES string of the molecule is CCCCC/C=C\C/C=C\C/C=C\CCCCCCCCC(=O)OC(COC(=O)CCCCCCCCC/C=C\CCCCCCCC)COC(=O)CCCCCCCCCCCCC/C=C\CCCCCCCCCC. The fourth-order valence-corrected chi connectivity index (χ4v) is 9.85. The third-order valence-corrected chi connectivity index (χ3v) is 15.0. The fraction of sp³-hybridized carbons (Fsp3) is 0.817. The molecule has 0 aliphatic heterocycles. The summed E-state index contributed by atoms with van der Waals surface area (Å²) in [6.07, 6.45) is 83.7. The van der Waals surface area contributed by atoms with Gasteiger partial charge < -0.3 is 14.2 Å². The van der Waals surface area contributed by atoms with Gasteiger partial charge in [0.25, 0.3) is 0 Å². The van der Waals surface area contributed by atoms with Crippen LogP contribution < -0.4 is 0 Å². The van der Waals surface area contributed by atoms with Crippen molar-refractivity contribution in [2.45, 2.75) is 361 Å². The highest BCUT2D eigenvalue weighted by atomic mass is 16.6. The highest BCUT2D eigenvalue weighted by Crippen LogP contribution is 2.17. The van der Waals surface area contributed by atoms with Crippen molar-refractivity contribution >= 4 is 17.9 Å². The van der Waals surface area contributed by atoms with Gasteiger partial charge in [0.15, 0.2) is 6.10 Å². The predicted molar refractivity (Wildman–Crippen MR) is 335 cm³/mol. The molecule has 0 aliphatic carbocycles. The van der Waals surface area contributed by atoms with Gasteiger partial charge in [0.05, 0.1) is 0 Å². The van der Waals surface area contributed by atoms with E-state index in [0.717, 1.165) is 83.5 Å². The average molecular weight is 1080 g/mol. The zero-order valence-electron chi connectivity index (χ0n) is 51.5. The van der Waals surface area contributed by atoms with Gasteiger partial charge in [-0.05, 0) is 109 Å². The lowest BCUT2D eigenvalue weighted by molar-refractivity contribution is -0.167. The van der Waals surface area contributed by atoms with Crippen molar-refractivity contribution in [2.24, 2.45) is 0 Å². The highest BCUT2D eigenvalue weighted by molar-refractivity contribution is 5.71. The minimum atomic E-state index is -0.785. The van der Waals surface area contributed by atoms with Crippen molar-refractivity contribution in [1.29, 1.82) is 0 Å². The van der Waals surface area contributed by atoms with Crippen LogP contribution >= 0.6 is 0 Å². The van der Waals surface area contributed by atoms with Crippen LogP contribution in [0.5, 0.6) is 0 Å². The molecule has 0 aromatic rings. The van der Waals surface area contributed by atoms with Gasteiger partial charge in [-0.3, -0.25) is 14.4 Å². The molecule has 0 aliphatic rings. The Morgan fingerprint density at radius 3 is 0.766 bits per heavy atom. The third-order valence-electron chi connectivity index (χ3n) is 15.0. The first-order valence-electron chi connectivity index (χ1n) is 33.8. The van der Waals surface area contributed by atoms with Gasteiger partial charge in [-0.1, -0.05) is 287 Å². The Kier molecular flexibility index (Phi) is 63.2. The zero-order chi connectivity index (χ0) is 55.7. The van der Waals surface area contributed by atoms with Gasteiger partial charge in [-0.2, -0.15) is 0 Å². The minimum Gasteiger partial charge on any atom is -0.462 e. The molecule has 0 saturated heterocycles. The van der Waals surface area contributed by atoms with E-state index in [1.807, 2.05) is 0 Å². The number of hydrogen-bond acceptors (Lipinski definition) is 6. The summed E-state index contributed by atoms with van der Waals surface area (Å²) in [4.78, 5) is 38.4. The molecule has 1 atom stereocenters. The minimum absolute atomic E-state index is 0.0793. The number of unbranched alkanes of at least 4 members (excludes halogenated alkanes) is 41. The molecule has 77 heavy (non-hydrogen) atoms. The molecule has 6 nitrogen and oxygen atoms in total. The van der Waals surface area contributed by atoms with Crippen LogP contribution in [0.2, 0.25) is 0 Å². The van der Waals surface area contributed by atoms with Gasteiger partial charge in [-0.25, -0.2) is 0 Å².